The van der Waals surface area contributed by atoms with E-state index in [-0.39, 0.29) is 5.82 Å². The first-order chi connectivity index (χ1) is 8.13. The summed E-state index contributed by atoms with van der Waals surface area (Å²) in [6, 6.07) is 3.25. The van der Waals surface area contributed by atoms with E-state index in [0.717, 1.165) is 29.8 Å². The number of fused-ring (bicyclic) bond motifs is 1. The summed E-state index contributed by atoms with van der Waals surface area (Å²) < 4.78 is 16.5. The minimum Gasteiger partial charge on any atom is -0.330 e. The lowest BCUT2D eigenvalue weighted by Gasteiger charge is -2.04. The van der Waals surface area contributed by atoms with Crippen LogP contribution in [0.15, 0.2) is 16.6 Å². The van der Waals surface area contributed by atoms with Crippen molar-refractivity contribution in [3.8, 4) is 0 Å². The Labute approximate surface area is 117 Å². The van der Waals surface area contributed by atoms with Crippen LogP contribution in [0.3, 0.4) is 0 Å². The van der Waals surface area contributed by atoms with E-state index in [0.29, 0.717) is 9.24 Å². The Kier molecular flexibility index (Phi) is 4.27. The number of thioether (sulfide) groups is 1. The third-order valence-corrected chi connectivity index (χ3v) is 4.17. The van der Waals surface area contributed by atoms with E-state index < -0.39 is 0 Å². The van der Waals surface area contributed by atoms with Gasteiger partial charge in [0.05, 0.1) is 15.5 Å². The number of benzene rings is 1. The first kappa shape index (κ1) is 13.1. The molecule has 2 rings (SSSR count). The summed E-state index contributed by atoms with van der Waals surface area (Å²) in [4.78, 5) is 3.03. The Morgan fingerprint density at radius 3 is 3.00 bits per heavy atom. The molecule has 0 aliphatic carbocycles. The fraction of sp³-hybridized carbons (Fsp3) is 0.364. The molecule has 1 heterocycles. The zero-order valence-electron chi connectivity index (χ0n) is 9.30. The highest BCUT2D eigenvalue weighted by molar-refractivity contribution is 9.10. The van der Waals surface area contributed by atoms with Gasteiger partial charge >= 0.3 is 0 Å². The summed E-state index contributed by atoms with van der Waals surface area (Å²) in [7, 11) is 0. The Hall–Kier alpha value is -0.330. The van der Waals surface area contributed by atoms with E-state index in [9.17, 15) is 4.39 Å². The van der Waals surface area contributed by atoms with Crippen LogP contribution in [0.2, 0.25) is 0 Å². The number of aryl methyl sites for hydroxylation is 1. The van der Waals surface area contributed by atoms with Gasteiger partial charge in [0.1, 0.15) is 5.82 Å². The van der Waals surface area contributed by atoms with Crippen LogP contribution in [0, 0.1) is 10.6 Å². The topological polar surface area (TPSA) is 20.7 Å². The summed E-state index contributed by atoms with van der Waals surface area (Å²) in [6.45, 7) is 0.859. The lowest BCUT2D eigenvalue weighted by molar-refractivity contribution is 0.622. The van der Waals surface area contributed by atoms with Crippen LogP contribution in [0.25, 0.3) is 11.0 Å². The van der Waals surface area contributed by atoms with Crippen LogP contribution >= 0.6 is 39.9 Å². The maximum Gasteiger partial charge on any atom is 0.178 e. The van der Waals surface area contributed by atoms with Crippen molar-refractivity contribution in [3.05, 3.63) is 27.2 Å². The predicted octanol–water partition coefficient (Wildman–Crippen LogP) is 4.35. The molecule has 0 atom stereocenters. The smallest absolute Gasteiger partial charge is 0.178 e. The molecule has 6 heteroatoms. The van der Waals surface area contributed by atoms with Crippen LogP contribution < -0.4 is 0 Å². The van der Waals surface area contributed by atoms with Gasteiger partial charge in [-0.2, -0.15) is 11.8 Å². The molecule has 0 aliphatic rings. The molecule has 0 aliphatic heterocycles. The molecule has 2 nitrogen and oxygen atoms in total. The van der Waals surface area contributed by atoms with Crippen LogP contribution in [-0.2, 0) is 6.54 Å². The number of nitrogens with zero attached hydrogens (tertiary/aromatic N) is 1. The number of H-pyrrole nitrogens is 1. The van der Waals surface area contributed by atoms with Crippen molar-refractivity contribution >= 4 is 50.9 Å². The zero-order valence-corrected chi connectivity index (χ0v) is 12.5. The van der Waals surface area contributed by atoms with Crippen LogP contribution in [0.1, 0.15) is 6.42 Å². The summed E-state index contributed by atoms with van der Waals surface area (Å²) in [5.41, 5.74) is 1.70. The van der Waals surface area contributed by atoms with Crippen molar-refractivity contribution in [2.45, 2.75) is 13.0 Å². The van der Waals surface area contributed by atoms with Crippen molar-refractivity contribution < 1.29 is 4.39 Å². The molecule has 92 valence electrons. The maximum absolute atomic E-state index is 13.4. The second kappa shape index (κ2) is 5.54. The van der Waals surface area contributed by atoms with E-state index in [1.165, 1.54) is 6.07 Å². The quantitative estimate of drug-likeness (QED) is 0.662. The van der Waals surface area contributed by atoms with Gasteiger partial charge < -0.3 is 9.55 Å². The standard InChI is InChI=1S/C11H12BrFN2S2/c1-17-4-2-3-15-10-5-7(12)8(13)6-9(10)14-11(15)16/h5-6H,2-4H2,1H3,(H,14,16). The number of aromatic nitrogens is 2. The monoisotopic (exact) mass is 334 g/mol. The molecule has 2 aromatic rings. The molecule has 1 aromatic carbocycles. The molecule has 17 heavy (non-hydrogen) atoms. The highest BCUT2D eigenvalue weighted by atomic mass is 79.9. The molecule has 0 saturated heterocycles. The van der Waals surface area contributed by atoms with Crippen LogP contribution in [0.4, 0.5) is 4.39 Å². The number of hydrogen-bond acceptors (Lipinski definition) is 2. The van der Waals surface area contributed by atoms with Gasteiger partial charge in [0.15, 0.2) is 4.77 Å². The fourth-order valence-corrected chi connectivity index (χ4v) is 2.79. The van der Waals surface area contributed by atoms with Gasteiger partial charge in [-0.1, -0.05) is 0 Å². The Balaban J connectivity index is 2.44. The molecule has 1 aromatic heterocycles. The summed E-state index contributed by atoms with van der Waals surface area (Å²) in [5.74, 6) is 0.821. The molecule has 0 saturated carbocycles. The number of imidazole rings is 1. The summed E-state index contributed by atoms with van der Waals surface area (Å²) in [5, 5.41) is 0. The normalized spacial score (nSPS) is 11.2. The van der Waals surface area contributed by atoms with Crippen molar-refractivity contribution in [2.24, 2.45) is 0 Å². The minimum atomic E-state index is -0.273. The van der Waals surface area contributed by atoms with Crippen molar-refractivity contribution in [1.29, 1.82) is 0 Å². The van der Waals surface area contributed by atoms with Gasteiger partial charge in [-0.05, 0) is 52.6 Å². The fourth-order valence-electron chi connectivity index (χ4n) is 1.74. The average Bonchev–Trinajstić information content (AvgIpc) is 2.57. The Bertz CT molecular complexity index is 591. The van der Waals surface area contributed by atoms with E-state index >= 15 is 0 Å². The summed E-state index contributed by atoms with van der Waals surface area (Å²) in [6.07, 6.45) is 3.14. The van der Waals surface area contributed by atoms with Gasteiger partial charge in [-0.25, -0.2) is 4.39 Å². The zero-order chi connectivity index (χ0) is 12.4. The SMILES string of the molecule is CSCCCn1c(=S)[nH]c2cc(F)c(Br)cc21. The van der Waals surface area contributed by atoms with E-state index in [1.54, 1.807) is 6.07 Å². The predicted molar refractivity (Wildman–Crippen MR) is 77.8 cm³/mol. The highest BCUT2D eigenvalue weighted by Gasteiger charge is 2.08. The molecule has 0 spiro atoms. The number of rotatable bonds is 4. The Morgan fingerprint density at radius 1 is 1.53 bits per heavy atom. The minimum absolute atomic E-state index is 0.273. The van der Waals surface area contributed by atoms with E-state index in [2.05, 4.69) is 27.2 Å². The number of nitrogens with one attached hydrogen (secondary N) is 1. The molecular weight excluding hydrogens is 323 g/mol. The molecule has 0 amide bonds. The van der Waals surface area contributed by atoms with Gasteiger partial charge in [0.25, 0.3) is 0 Å². The Morgan fingerprint density at radius 2 is 2.29 bits per heavy atom. The van der Waals surface area contributed by atoms with Crippen LogP contribution in [-0.4, -0.2) is 21.6 Å². The second-order valence-electron chi connectivity index (χ2n) is 3.71. The molecule has 0 bridgehead atoms. The first-order valence-corrected chi connectivity index (χ1v) is 7.79. The largest absolute Gasteiger partial charge is 0.330 e. The molecule has 0 fully saturated rings. The van der Waals surface area contributed by atoms with Crippen molar-refractivity contribution in [1.82, 2.24) is 9.55 Å². The van der Waals surface area contributed by atoms with Gasteiger partial charge in [-0.15, -0.1) is 0 Å². The third kappa shape index (κ3) is 2.74. The highest BCUT2D eigenvalue weighted by Crippen LogP contribution is 2.23. The molecule has 1 N–H and O–H groups in total. The molecule has 0 unspecified atom stereocenters. The van der Waals surface area contributed by atoms with Gasteiger partial charge in [0, 0.05) is 12.6 Å². The van der Waals surface area contributed by atoms with Crippen LogP contribution in [0.5, 0.6) is 0 Å². The summed E-state index contributed by atoms with van der Waals surface area (Å²) >= 11 is 10.3. The van der Waals surface area contributed by atoms with Gasteiger partial charge in [0.2, 0.25) is 0 Å². The third-order valence-electron chi connectivity index (χ3n) is 2.55. The number of aromatic amines is 1. The maximum atomic E-state index is 13.4. The lowest BCUT2D eigenvalue weighted by Crippen LogP contribution is -1.99. The second-order valence-corrected chi connectivity index (χ2v) is 5.94. The first-order valence-electron chi connectivity index (χ1n) is 5.20. The lowest BCUT2D eigenvalue weighted by atomic mass is 10.3. The van der Waals surface area contributed by atoms with Gasteiger partial charge in [-0.3, -0.25) is 0 Å². The van der Waals surface area contributed by atoms with E-state index in [4.69, 9.17) is 12.2 Å². The number of halogens is 2. The number of hydrogen-bond donors (Lipinski definition) is 1. The van der Waals surface area contributed by atoms with Crippen molar-refractivity contribution in [3.63, 3.8) is 0 Å². The van der Waals surface area contributed by atoms with Crippen molar-refractivity contribution in [2.75, 3.05) is 12.0 Å². The molecule has 0 radical (unpaired) electrons. The molecular formula is C11H12BrFN2S2. The average molecular weight is 335 g/mol. The van der Waals surface area contributed by atoms with E-state index in [1.807, 2.05) is 16.3 Å².